The van der Waals surface area contributed by atoms with Gasteiger partial charge in [0.15, 0.2) is 0 Å². The van der Waals surface area contributed by atoms with Crippen LogP contribution in [-0.2, 0) is 6.61 Å². The van der Waals surface area contributed by atoms with Crippen molar-refractivity contribution in [1.29, 1.82) is 5.26 Å². The van der Waals surface area contributed by atoms with Gasteiger partial charge in [-0.25, -0.2) is 0 Å². The number of benzene rings is 2. The van der Waals surface area contributed by atoms with Gasteiger partial charge in [0.25, 0.3) is 0 Å². The van der Waals surface area contributed by atoms with Gasteiger partial charge in [0.2, 0.25) is 0 Å². The van der Waals surface area contributed by atoms with E-state index in [0.717, 1.165) is 6.07 Å². The maximum absolute atomic E-state index is 12.9. The Labute approximate surface area is 126 Å². The molecule has 0 N–H and O–H groups in total. The second-order valence-corrected chi connectivity index (χ2v) is 4.55. The van der Waals surface area contributed by atoms with Crippen LogP contribution in [0.3, 0.4) is 0 Å². The molecule has 0 unspecified atom stereocenters. The lowest BCUT2D eigenvalue weighted by Gasteiger charge is -2.19. The number of halogens is 3. The lowest BCUT2D eigenvalue weighted by atomic mass is 9.79. The van der Waals surface area contributed by atoms with Gasteiger partial charge >= 0.3 is 6.98 Å². The Morgan fingerprint density at radius 1 is 1.09 bits per heavy atom. The smallest absolute Gasteiger partial charge is 0.495 e. The van der Waals surface area contributed by atoms with Gasteiger partial charge in [-0.05, 0) is 23.8 Å². The number of rotatable bonds is 5. The number of methoxy groups -OCH3 is 1. The highest BCUT2D eigenvalue weighted by atomic mass is 19.4. The highest BCUT2D eigenvalue weighted by molar-refractivity contribution is 6.74. The minimum absolute atomic E-state index is 0.0504. The molecule has 0 spiro atoms. The van der Waals surface area contributed by atoms with E-state index < -0.39 is 12.4 Å². The summed E-state index contributed by atoms with van der Waals surface area (Å²) < 4.78 is 49.1. The molecule has 0 heterocycles. The summed E-state index contributed by atoms with van der Waals surface area (Å²) in [6.45, 7) is -5.18. The fourth-order valence-corrected chi connectivity index (χ4v) is 1.96. The van der Waals surface area contributed by atoms with Crippen molar-refractivity contribution in [3.8, 4) is 17.6 Å². The molecule has 3 nitrogen and oxygen atoms in total. The van der Waals surface area contributed by atoms with E-state index in [1.54, 1.807) is 12.1 Å². The second kappa shape index (κ2) is 6.44. The monoisotopic (exact) mass is 306 g/mol. The molecule has 0 amide bonds. The van der Waals surface area contributed by atoms with E-state index in [-0.39, 0.29) is 12.4 Å². The predicted molar refractivity (Wildman–Crippen MR) is 77.2 cm³/mol. The largest absolute Gasteiger partial charge is 0.513 e. The van der Waals surface area contributed by atoms with Gasteiger partial charge in [-0.3, -0.25) is 0 Å². The normalized spacial score (nSPS) is 10.9. The molecule has 2 aromatic carbocycles. The van der Waals surface area contributed by atoms with Crippen molar-refractivity contribution in [2.24, 2.45) is 0 Å². The minimum Gasteiger partial charge on any atom is -0.495 e. The maximum atomic E-state index is 12.9. The molecule has 114 valence electrons. The van der Waals surface area contributed by atoms with Gasteiger partial charge < -0.3 is 22.4 Å². The van der Waals surface area contributed by atoms with Gasteiger partial charge in [0.05, 0.1) is 18.4 Å². The maximum Gasteiger partial charge on any atom is 0.513 e. The van der Waals surface area contributed by atoms with Gasteiger partial charge in [-0.1, -0.05) is 29.7 Å². The zero-order chi connectivity index (χ0) is 16.2. The van der Waals surface area contributed by atoms with Crippen molar-refractivity contribution in [2.75, 3.05) is 7.11 Å². The fourth-order valence-electron chi connectivity index (χ4n) is 1.96. The van der Waals surface area contributed by atoms with Gasteiger partial charge in [-0.15, -0.1) is 0 Å². The molecular formula is C15H12BF3NO2-. The summed E-state index contributed by atoms with van der Waals surface area (Å²) in [5.74, 6) is 0.148. The lowest BCUT2D eigenvalue weighted by molar-refractivity contribution is 0.306. The number of hydrogen-bond acceptors (Lipinski definition) is 3. The summed E-state index contributed by atoms with van der Waals surface area (Å²) in [7, 11) is 1.42. The molecule has 22 heavy (non-hydrogen) atoms. The first-order valence-corrected chi connectivity index (χ1v) is 6.44. The van der Waals surface area contributed by atoms with Crippen molar-refractivity contribution in [3.05, 3.63) is 53.6 Å². The SMILES string of the molecule is COc1cc(COc2ccccc2[B-](F)(F)F)ccc1C#N. The Hall–Kier alpha value is -2.62. The molecule has 2 aromatic rings. The standard InChI is InChI=1S/C15H12BF3NO2/c1-21-15-8-11(6-7-12(15)9-20)10-22-14-5-3-2-4-13(14)16(17,18)19/h2-8H,10H2,1H3/q-1. The van der Waals surface area contributed by atoms with Crippen LogP contribution in [0.5, 0.6) is 11.5 Å². The number of nitrogens with zero attached hydrogens (tertiary/aromatic N) is 1. The zero-order valence-corrected chi connectivity index (χ0v) is 11.7. The van der Waals surface area contributed by atoms with Gasteiger partial charge in [0.1, 0.15) is 18.4 Å². The predicted octanol–water partition coefficient (Wildman–Crippen LogP) is 3.20. The minimum atomic E-state index is -5.13. The second-order valence-electron chi connectivity index (χ2n) is 4.55. The number of ether oxygens (including phenoxy) is 2. The van der Waals surface area contributed by atoms with E-state index in [9.17, 15) is 12.9 Å². The first-order chi connectivity index (χ1) is 10.5. The van der Waals surface area contributed by atoms with Crippen molar-refractivity contribution in [3.63, 3.8) is 0 Å². The highest BCUT2D eigenvalue weighted by Gasteiger charge is 2.28. The van der Waals surface area contributed by atoms with E-state index in [0.29, 0.717) is 16.9 Å². The summed E-state index contributed by atoms with van der Waals surface area (Å²) in [5, 5.41) is 8.89. The Morgan fingerprint density at radius 3 is 2.45 bits per heavy atom. The molecule has 0 saturated carbocycles. The molecule has 0 atom stereocenters. The van der Waals surface area contributed by atoms with Crippen LogP contribution in [0.15, 0.2) is 42.5 Å². The third kappa shape index (κ3) is 3.53. The van der Waals surface area contributed by atoms with Crippen LogP contribution in [0, 0.1) is 11.3 Å². The molecule has 0 saturated heterocycles. The Kier molecular flexibility index (Phi) is 4.61. The van der Waals surface area contributed by atoms with Crippen molar-refractivity contribution < 1.29 is 22.4 Å². The summed E-state index contributed by atoms with van der Waals surface area (Å²) in [6, 6.07) is 11.8. The average molecular weight is 306 g/mol. The Morgan fingerprint density at radius 2 is 1.82 bits per heavy atom. The van der Waals surface area contributed by atoms with Crippen LogP contribution >= 0.6 is 0 Å². The molecule has 2 rings (SSSR count). The molecule has 7 heteroatoms. The summed E-state index contributed by atoms with van der Waals surface area (Å²) >= 11 is 0. The van der Waals surface area contributed by atoms with Gasteiger partial charge in [0, 0.05) is 0 Å². The Balaban J connectivity index is 2.20. The van der Waals surface area contributed by atoms with E-state index in [4.69, 9.17) is 14.7 Å². The molecule has 0 aromatic heterocycles. The van der Waals surface area contributed by atoms with Gasteiger partial charge in [-0.2, -0.15) is 5.26 Å². The van der Waals surface area contributed by atoms with Crippen LogP contribution in [0.2, 0.25) is 0 Å². The molecule has 0 aliphatic rings. The molecule has 0 bridgehead atoms. The third-order valence-corrected chi connectivity index (χ3v) is 3.05. The van der Waals surface area contributed by atoms with Crippen LogP contribution < -0.4 is 14.9 Å². The van der Waals surface area contributed by atoms with Crippen molar-refractivity contribution in [2.45, 2.75) is 6.61 Å². The van der Waals surface area contributed by atoms with E-state index in [2.05, 4.69) is 0 Å². The molecule has 0 aliphatic carbocycles. The van der Waals surface area contributed by atoms with E-state index >= 15 is 0 Å². The molecule has 0 radical (unpaired) electrons. The Bertz CT molecular complexity index is 711. The van der Waals surface area contributed by atoms with Crippen molar-refractivity contribution in [1.82, 2.24) is 0 Å². The molecule has 0 fully saturated rings. The van der Waals surface area contributed by atoms with E-state index in [1.807, 2.05) is 6.07 Å². The number of para-hydroxylation sites is 1. The van der Waals surface area contributed by atoms with Crippen LogP contribution in [-0.4, -0.2) is 14.1 Å². The average Bonchev–Trinajstić information content (AvgIpc) is 2.52. The number of hydrogen-bond donors (Lipinski definition) is 0. The summed E-state index contributed by atoms with van der Waals surface area (Å²) in [5.41, 5.74) is 0.203. The van der Waals surface area contributed by atoms with E-state index in [1.165, 1.54) is 31.4 Å². The van der Waals surface area contributed by atoms with Crippen LogP contribution in [0.1, 0.15) is 11.1 Å². The summed E-state index contributed by atoms with van der Waals surface area (Å²) in [4.78, 5) is 0. The quantitative estimate of drug-likeness (QED) is 0.797. The molecule has 0 aliphatic heterocycles. The fraction of sp³-hybridized carbons (Fsp3) is 0.133. The van der Waals surface area contributed by atoms with Crippen LogP contribution in [0.4, 0.5) is 12.9 Å². The third-order valence-electron chi connectivity index (χ3n) is 3.05. The van der Waals surface area contributed by atoms with Crippen LogP contribution in [0.25, 0.3) is 0 Å². The summed E-state index contributed by atoms with van der Waals surface area (Å²) in [6.07, 6.45) is 0. The number of nitriles is 1. The first-order valence-electron chi connectivity index (χ1n) is 6.44. The lowest BCUT2D eigenvalue weighted by Crippen LogP contribution is -2.35. The zero-order valence-electron chi connectivity index (χ0n) is 11.7. The highest BCUT2D eigenvalue weighted by Crippen LogP contribution is 2.22. The topological polar surface area (TPSA) is 42.2 Å². The molecular weight excluding hydrogens is 294 g/mol. The first kappa shape index (κ1) is 15.8. The van der Waals surface area contributed by atoms with Crippen molar-refractivity contribution >= 4 is 12.4 Å².